The van der Waals surface area contributed by atoms with Gasteiger partial charge in [0.15, 0.2) is 0 Å². The van der Waals surface area contributed by atoms with Gasteiger partial charge in [-0.1, -0.05) is 0 Å². The third-order valence-corrected chi connectivity index (χ3v) is 4.57. The highest BCUT2D eigenvalue weighted by Gasteiger charge is 2.19. The normalized spacial score (nSPS) is 17.1. The van der Waals surface area contributed by atoms with Crippen LogP contribution < -0.4 is 0 Å². The first-order valence-corrected chi connectivity index (χ1v) is 8.48. The summed E-state index contributed by atoms with van der Waals surface area (Å²) in [5.74, 6) is 0.225. The molecule has 124 valence electrons. The van der Waals surface area contributed by atoms with Gasteiger partial charge in [-0.15, -0.1) is 0 Å². The van der Waals surface area contributed by atoms with Gasteiger partial charge in [-0.05, 0) is 53.1 Å². The molecule has 0 aromatic carbocycles. The zero-order chi connectivity index (χ0) is 16.1. The maximum atomic E-state index is 12.3. The Hall–Kier alpha value is -1.36. The molecule has 0 aliphatic carbocycles. The number of aromatic nitrogens is 2. The summed E-state index contributed by atoms with van der Waals surface area (Å²) in [6.07, 6.45) is 8.08. The Labute approximate surface area is 134 Å². The van der Waals surface area contributed by atoms with Crippen molar-refractivity contribution in [3.05, 3.63) is 18.0 Å². The lowest BCUT2D eigenvalue weighted by Gasteiger charge is -2.24. The van der Waals surface area contributed by atoms with Crippen LogP contribution in [0, 0.1) is 0 Å². The molecule has 1 amide bonds. The maximum Gasteiger partial charge on any atom is 0.222 e. The summed E-state index contributed by atoms with van der Waals surface area (Å²) in [6.45, 7) is 9.48. The van der Waals surface area contributed by atoms with Crippen LogP contribution in [0.4, 0.5) is 0 Å². The Balaban J connectivity index is 1.76. The van der Waals surface area contributed by atoms with Gasteiger partial charge in [-0.2, -0.15) is 5.10 Å². The molecule has 1 fully saturated rings. The fourth-order valence-electron chi connectivity index (χ4n) is 2.99. The highest BCUT2D eigenvalue weighted by atomic mass is 16.2. The van der Waals surface area contributed by atoms with Crippen molar-refractivity contribution in [1.82, 2.24) is 19.6 Å². The molecule has 0 bridgehead atoms. The predicted octanol–water partition coefficient (Wildman–Crippen LogP) is 2.69. The summed E-state index contributed by atoms with van der Waals surface area (Å²) in [5.41, 5.74) is 1.09. The van der Waals surface area contributed by atoms with Gasteiger partial charge in [-0.3, -0.25) is 9.48 Å². The lowest BCUT2D eigenvalue weighted by atomic mass is 10.1. The molecule has 2 heterocycles. The number of carbonyl (C=O) groups is 1. The molecule has 5 nitrogen and oxygen atoms in total. The fourth-order valence-corrected chi connectivity index (χ4v) is 2.99. The molecule has 1 aliphatic rings. The van der Waals surface area contributed by atoms with Crippen molar-refractivity contribution in [1.29, 1.82) is 0 Å². The summed E-state index contributed by atoms with van der Waals surface area (Å²) < 4.78 is 1.93. The summed E-state index contributed by atoms with van der Waals surface area (Å²) in [6, 6.07) is 0.875. The molecule has 1 aliphatic heterocycles. The predicted molar refractivity (Wildman–Crippen MR) is 88.6 cm³/mol. The second-order valence-corrected chi connectivity index (χ2v) is 6.80. The zero-order valence-corrected chi connectivity index (χ0v) is 14.5. The summed E-state index contributed by atoms with van der Waals surface area (Å²) in [4.78, 5) is 16.6. The molecule has 1 aromatic rings. The Bertz CT molecular complexity index is 477. The number of hydrogen-bond acceptors (Lipinski definition) is 3. The van der Waals surface area contributed by atoms with Crippen LogP contribution in [0.2, 0.25) is 0 Å². The van der Waals surface area contributed by atoms with E-state index in [1.165, 1.54) is 25.9 Å². The quantitative estimate of drug-likeness (QED) is 0.778. The average molecular weight is 306 g/mol. The van der Waals surface area contributed by atoms with Crippen molar-refractivity contribution in [2.75, 3.05) is 20.1 Å². The minimum Gasteiger partial charge on any atom is -0.341 e. The molecule has 1 atom stereocenters. The number of carbonyl (C=O) groups excluding carboxylic acids is 1. The third kappa shape index (κ3) is 4.57. The van der Waals surface area contributed by atoms with Gasteiger partial charge in [0.2, 0.25) is 5.91 Å². The lowest BCUT2D eigenvalue weighted by molar-refractivity contribution is -0.130. The van der Waals surface area contributed by atoms with Crippen LogP contribution in [-0.2, 0) is 11.3 Å². The molecule has 0 spiro atoms. The molecule has 22 heavy (non-hydrogen) atoms. The Morgan fingerprint density at radius 2 is 2.00 bits per heavy atom. The number of nitrogens with zero attached hydrogens (tertiary/aromatic N) is 4. The van der Waals surface area contributed by atoms with Gasteiger partial charge in [0.25, 0.3) is 0 Å². The molecule has 0 saturated carbocycles. The second-order valence-electron chi connectivity index (χ2n) is 6.80. The van der Waals surface area contributed by atoms with Gasteiger partial charge >= 0.3 is 0 Å². The molecule has 1 aromatic heterocycles. The molecule has 5 heteroatoms. The summed E-state index contributed by atoms with van der Waals surface area (Å²) >= 11 is 0. The van der Waals surface area contributed by atoms with E-state index < -0.39 is 0 Å². The van der Waals surface area contributed by atoms with Gasteiger partial charge in [0.1, 0.15) is 0 Å². The first-order valence-electron chi connectivity index (χ1n) is 8.48. The van der Waals surface area contributed by atoms with Crippen molar-refractivity contribution >= 4 is 5.91 Å². The zero-order valence-electron chi connectivity index (χ0n) is 14.5. The van der Waals surface area contributed by atoms with E-state index in [4.69, 9.17) is 0 Å². The number of likely N-dealkylation sites (tertiary alicyclic amines) is 1. The van der Waals surface area contributed by atoms with E-state index in [-0.39, 0.29) is 5.91 Å². The number of rotatable bonds is 7. The van der Waals surface area contributed by atoms with E-state index in [2.05, 4.69) is 30.8 Å². The van der Waals surface area contributed by atoms with Gasteiger partial charge < -0.3 is 9.80 Å². The molecule has 2 rings (SSSR count). The van der Waals surface area contributed by atoms with Crippen molar-refractivity contribution in [2.24, 2.45) is 0 Å². The highest BCUT2D eigenvalue weighted by Crippen LogP contribution is 2.16. The summed E-state index contributed by atoms with van der Waals surface area (Å²) in [7, 11) is 1.88. The maximum absolute atomic E-state index is 12.3. The highest BCUT2D eigenvalue weighted by molar-refractivity contribution is 5.75. The first-order chi connectivity index (χ1) is 10.5. The third-order valence-electron chi connectivity index (χ3n) is 4.57. The number of amides is 1. The van der Waals surface area contributed by atoms with Gasteiger partial charge in [0.05, 0.1) is 6.20 Å². The van der Waals surface area contributed by atoms with Crippen molar-refractivity contribution in [3.63, 3.8) is 0 Å². The van der Waals surface area contributed by atoms with Crippen LogP contribution >= 0.6 is 0 Å². The van der Waals surface area contributed by atoms with E-state index in [9.17, 15) is 4.79 Å². The van der Waals surface area contributed by atoms with Crippen LogP contribution in [0.1, 0.15) is 58.1 Å². The molecule has 0 N–H and O–H groups in total. The first kappa shape index (κ1) is 17.0. The van der Waals surface area contributed by atoms with Crippen molar-refractivity contribution < 1.29 is 4.79 Å². The lowest BCUT2D eigenvalue weighted by Crippen LogP contribution is -2.32. The minimum atomic E-state index is 0.225. The average Bonchev–Trinajstić information content (AvgIpc) is 3.15. The van der Waals surface area contributed by atoms with E-state index in [0.29, 0.717) is 25.0 Å². The largest absolute Gasteiger partial charge is 0.341 e. The Kier molecular flexibility index (Phi) is 6.00. The van der Waals surface area contributed by atoms with Crippen LogP contribution in [0.25, 0.3) is 0 Å². The van der Waals surface area contributed by atoms with Gasteiger partial charge in [-0.25, -0.2) is 0 Å². The molecule has 0 unspecified atom stereocenters. The van der Waals surface area contributed by atoms with Crippen LogP contribution in [0.5, 0.6) is 0 Å². The molecular formula is C17H30N4O. The Morgan fingerprint density at radius 3 is 2.59 bits per heavy atom. The second kappa shape index (κ2) is 7.77. The van der Waals surface area contributed by atoms with Crippen molar-refractivity contribution in [3.8, 4) is 0 Å². The minimum absolute atomic E-state index is 0.225. The van der Waals surface area contributed by atoms with E-state index in [1.807, 2.05) is 29.0 Å². The smallest absolute Gasteiger partial charge is 0.222 e. The van der Waals surface area contributed by atoms with Crippen LogP contribution in [-0.4, -0.2) is 51.7 Å². The van der Waals surface area contributed by atoms with E-state index in [0.717, 1.165) is 12.0 Å². The van der Waals surface area contributed by atoms with Crippen LogP contribution in [0.3, 0.4) is 0 Å². The van der Waals surface area contributed by atoms with E-state index in [1.54, 1.807) is 0 Å². The van der Waals surface area contributed by atoms with Crippen molar-refractivity contribution in [2.45, 2.75) is 65.1 Å². The standard InChI is InChI=1S/C17H30N4O/c1-14(2)21-13-16(11-18-21)12-19(4)17(22)8-7-15(3)20-9-5-6-10-20/h11,13-15H,5-10,12H2,1-4H3/t15-/m0/s1. The monoisotopic (exact) mass is 306 g/mol. The SMILES string of the molecule is CC(C)n1cc(CN(C)C(=O)CC[C@H](C)N2CCCC2)cn1. The molecule has 1 saturated heterocycles. The summed E-state index contributed by atoms with van der Waals surface area (Å²) in [5, 5.41) is 4.33. The molecular weight excluding hydrogens is 276 g/mol. The number of hydrogen-bond donors (Lipinski definition) is 0. The Morgan fingerprint density at radius 1 is 1.32 bits per heavy atom. The topological polar surface area (TPSA) is 41.4 Å². The van der Waals surface area contributed by atoms with Gasteiger partial charge in [0, 0.05) is 43.9 Å². The molecule has 0 radical (unpaired) electrons. The fraction of sp³-hybridized carbons (Fsp3) is 0.765. The van der Waals surface area contributed by atoms with Crippen LogP contribution in [0.15, 0.2) is 12.4 Å². The van der Waals surface area contributed by atoms with E-state index >= 15 is 0 Å².